The van der Waals surface area contributed by atoms with Gasteiger partial charge in [-0.15, -0.1) is 0 Å². The lowest BCUT2D eigenvalue weighted by Gasteiger charge is -2.15. The third kappa shape index (κ3) is 4.24. The summed E-state index contributed by atoms with van der Waals surface area (Å²) in [6.07, 6.45) is 9.12. The summed E-state index contributed by atoms with van der Waals surface area (Å²) in [5.41, 5.74) is 1.38. The Morgan fingerprint density at radius 2 is 2.25 bits per heavy atom. The van der Waals surface area contributed by atoms with E-state index in [0.717, 1.165) is 39.3 Å². The number of rotatable bonds is 6. The van der Waals surface area contributed by atoms with Crippen molar-refractivity contribution in [2.45, 2.75) is 38.2 Å². The topological polar surface area (TPSA) is 30.5 Å². The molecule has 0 aromatic heterocycles. The van der Waals surface area contributed by atoms with Crippen LogP contribution in [0.2, 0.25) is 0 Å². The van der Waals surface area contributed by atoms with Crippen molar-refractivity contribution in [2.75, 3.05) is 32.9 Å². The van der Waals surface area contributed by atoms with Crippen LogP contribution >= 0.6 is 0 Å². The van der Waals surface area contributed by atoms with E-state index in [2.05, 4.69) is 11.4 Å². The maximum Gasteiger partial charge on any atom is 0.0689 e. The fourth-order valence-corrected chi connectivity index (χ4v) is 2.33. The van der Waals surface area contributed by atoms with E-state index in [1.165, 1.54) is 31.3 Å². The molecule has 0 aromatic rings. The minimum absolute atomic E-state index is 0.541. The lowest BCUT2D eigenvalue weighted by atomic mass is 10.2. The van der Waals surface area contributed by atoms with Crippen molar-refractivity contribution in [3.63, 3.8) is 0 Å². The molecule has 3 nitrogen and oxygen atoms in total. The van der Waals surface area contributed by atoms with Crippen molar-refractivity contribution in [1.29, 1.82) is 0 Å². The van der Waals surface area contributed by atoms with E-state index >= 15 is 0 Å². The first-order chi connectivity index (χ1) is 7.95. The molecule has 0 radical (unpaired) electrons. The number of ether oxygens (including phenoxy) is 2. The number of nitrogens with one attached hydrogen (secondary N) is 1. The molecule has 92 valence electrons. The SMILES string of the molecule is C1=C(CNCCOC2CCCC2)COCC1. The quantitative estimate of drug-likeness (QED) is 0.553. The van der Waals surface area contributed by atoms with Gasteiger partial charge in [-0.05, 0) is 24.8 Å². The third-order valence-electron chi connectivity index (χ3n) is 3.27. The summed E-state index contributed by atoms with van der Waals surface area (Å²) in [4.78, 5) is 0. The van der Waals surface area contributed by atoms with E-state index in [0.29, 0.717) is 6.10 Å². The first-order valence-electron chi connectivity index (χ1n) is 6.53. The van der Waals surface area contributed by atoms with Crippen LogP contribution < -0.4 is 5.32 Å². The van der Waals surface area contributed by atoms with Crippen molar-refractivity contribution in [2.24, 2.45) is 0 Å². The zero-order valence-corrected chi connectivity index (χ0v) is 10.0. The van der Waals surface area contributed by atoms with E-state index in [1.807, 2.05) is 0 Å². The zero-order chi connectivity index (χ0) is 11.1. The molecule has 2 rings (SSSR count). The van der Waals surface area contributed by atoms with E-state index in [1.54, 1.807) is 0 Å². The Morgan fingerprint density at radius 3 is 3.00 bits per heavy atom. The number of hydrogen-bond donors (Lipinski definition) is 1. The minimum Gasteiger partial charge on any atom is -0.377 e. The highest BCUT2D eigenvalue weighted by atomic mass is 16.5. The van der Waals surface area contributed by atoms with Crippen molar-refractivity contribution < 1.29 is 9.47 Å². The Kier molecular flexibility index (Phi) is 5.32. The second-order valence-electron chi connectivity index (χ2n) is 4.66. The first kappa shape index (κ1) is 12.1. The highest BCUT2D eigenvalue weighted by molar-refractivity contribution is 5.06. The van der Waals surface area contributed by atoms with Crippen molar-refractivity contribution in [1.82, 2.24) is 5.32 Å². The summed E-state index contributed by atoms with van der Waals surface area (Å²) in [7, 11) is 0. The van der Waals surface area contributed by atoms with Crippen molar-refractivity contribution in [3.8, 4) is 0 Å². The maximum absolute atomic E-state index is 5.78. The summed E-state index contributed by atoms with van der Waals surface area (Å²) >= 11 is 0. The summed E-state index contributed by atoms with van der Waals surface area (Å²) in [5.74, 6) is 0. The van der Waals surface area contributed by atoms with E-state index in [-0.39, 0.29) is 0 Å². The largest absolute Gasteiger partial charge is 0.377 e. The van der Waals surface area contributed by atoms with Crippen molar-refractivity contribution in [3.05, 3.63) is 11.6 Å². The second-order valence-corrected chi connectivity index (χ2v) is 4.66. The van der Waals surface area contributed by atoms with Crippen LogP contribution in [0.15, 0.2) is 11.6 Å². The lowest BCUT2D eigenvalue weighted by Crippen LogP contribution is -2.26. The normalized spacial score (nSPS) is 22.4. The fraction of sp³-hybridized carbons (Fsp3) is 0.846. The molecule has 1 heterocycles. The second kappa shape index (κ2) is 7.05. The average Bonchev–Trinajstić information content (AvgIpc) is 2.83. The van der Waals surface area contributed by atoms with Gasteiger partial charge in [0.2, 0.25) is 0 Å². The molecular weight excluding hydrogens is 202 g/mol. The van der Waals surface area contributed by atoms with Crippen LogP contribution in [0.4, 0.5) is 0 Å². The maximum atomic E-state index is 5.78. The lowest BCUT2D eigenvalue weighted by molar-refractivity contribution is 0.0605. The Labute approximate surface area is 98.2 Å². The van der Waals surface area contributed by atoms with Crippen LogP contribution in [-0.2, 0) is 9.47 Å². The Balaban J connectivity index is 1.46. The molecule has 3 heteroatoms. The molecule has 16 heavy (non-hydrogen) atoms. The predicted octanol–water partition coefficient (Wildman–Crippen LogP) is 1.88. The molecular formula is C13H23NO2. The molecule has 1 aliphatic carbocycles. The number of hydrogen-bond acceptors (Lipinski definition) is 3. The standard InChI is InChI=1S/C13H23NO2/c1-2-6-13(5-1)16-9-7-14-10-12-4-3-8-15-11-12/h4,13-14H,1-3,5-11H2. The summed E-state index contributed by atoms with van der Waals surface area (Å²) in [5, 5.41) is 3.41. The van der Waals surface area contributed by atoms with Gasteiger partial charge in [0.1, 0.15) is 0 Å². The molecule has 0 spiro atoms. The van der Waals surface area contributed by atoms with Gasteiger partial charge in [-0.2, -0.15) is 0 Å². The van der Waals surface area contributed by atoms with E-state index in [4.69, 9.17) is 9.47 Å². The van der Waals surface area contributed by atoms with Gasteiger partial charge in [0.15, 0.2) is 0 Å². The Morgan fingerprint density at radius 1 is 1.38 bits per heavy atom. The predicted molar refractivity (Wildman–Crippen MR) is 64.6 cm³/mol. The van der Waals surface area contributed by atoms with Gasteiger partial charge < -0.3 is 14.8 Å². The third-order valence-corrected chi connectivity index (χ3v) is 3.27. The highest BCUT2D eigenvalue weighted by Crippen LogP contribution is 2.20. The molecule has 0 unspecified atom stereocenters. The van der Waals surface area contributed by atoms with Crippen LogP contribution in [0, 0.1) is 0 Å². The smallest absolute Gasteiger partial charge is 0.0689 e. The Bertz CT molecular complexity index is 222. The van der Waals surface area contributed by atoms with E-state index in [9.17, 15) is 0 Å². The van der Waals surface area contributed by atoms with Gasteiger partial charge in [0.25, 0.3) is 0 Å². The molecule has 1 fully saturated rings. The summed E-state index contributed by atoms with van der Waals surface area (Å²) in [6.45, 7) is 4.44. The van der Waals surface area contributed by atoms with Crippen LogP contribution in [0.3, 0.4) is 0 Å². The van der Waals surface area contributed by atoms with Gasteiger partial charge in [-0.25, -0.2) is 0 Å². The molecule has 0 atom stereocenters. The van der Waals surface area contributed by atoms with Gasteiger partial charge in [-0.3, -0.25) is 0 Å². The van der Waals surface area contributed by atoms with Gasteiger partial charge in [0, 0.05) is 13.1 Å². The van der Waals surface area contributed by atoms with Gasteiger partial charge >= 0.3 is 0 Å². The van der Waals surface area contributed by atoms with Gasteiger partial charge in [0.05, 0.1) is 25.9 Å². The van der Waals surface area contributed by atoms with Crippen LogP contribution in [0.1, 0.15) is 32.1 Å². The molecule has 0 saturated heterocycles. The van der Waals surface area contributed by atoms with Crippen LogP contribution in [0.25, 0.3) is 0 Å². The molecule has 1 N–H and O–H groups in total. The molecule has 2 aliphatic rings. The highest BCUT2D eigenvalue weighted by Gasteiger charge is 2.14. The summed E-state index contributed by atoms with van der Waals surface area (Å²) < 4.78 is 11.2. The van der Waals surface area contributed by atoms with Crippen LogP contribution in [0.5, 0.6) is 0 Å². The zero-order valence-electron chi connectivity index (χ0n) is 10.0. The Hall–Kier alpha value is -0.380. The van der Waals surface area contributed by atoms with Crippen molar-refractivity contribution >= 4 is 0 Å². The monoisotopic (exact) mass is 225 g/mol. The molecule has 0 aromatic carbocycles. The summed E-state index contributed by atoms with van der Waals surface area (Å²) in [6, 6.07) is 0. The molecule has 1 aliphatic heterocycles. The first-order valence-corrected chi connectivity index (χ1v) is 6.53. The molecule has 0 bridgehead atoms. The van der Waals surface area contributed by atoms with Gasteiger partial charge in [-0.1, -0.05) is 18.9 Å². The van der Waals surface area contributed by atoms with Crippen LogP contribution in [-0.4, -0.2) is 39.0 Å². The molecule has 1 saturated carbocycles. The van der Waals surface area contributed by atoms with E-state index < -0.39 is 0 Å². The molecule has 0 amide bonds. The fourth-order valence-electron chi connectivity index (χ4n) is 2.33. The average molecular weight is 225 g/mol. The minimum atomic E-state index is 0.541.